The van der Waals surface area contributed by atoms with Crippen molar-refractivity contribution >= 4 is 11.8 Å². The van der Waals surface area contributed by atoms with Crippen molar-refractivity contribution in [1.29, 1.82) is 0 Å². The number of benzene rings is 2. The molecule has 0 heterocycles. The zero-order chi connectivity index (χ0) is 13.0. The smallest absolute Gasteiger partial charge is 0.123 e. The summed E-state index contributed by atoms with van der Waals surface area (Å²) in [5.74, 6) is -0.212. The number of rotatable bonds is 4. The van der Waals surface area contributed by atoms with Crippen molar-refractivity contribution in [3.05, 3.63) is 65.5 Å². The van der Waals surface area contributed by atoms with Crippen LogP contribution < -0.4 is 5.73 Å². The molecule has 0 saturated carbocycles. The van der Waals surface area contributed by atoms with Gasteiger partial charge in [0.1, 0.15) is 5.82 Å². The average molecular weight is 261 g/mol. The van der Waals surface area contributed by atoms with Crippen molar-refractivity contribution in [1.82, 2.24) is 0 Å². The molecule has 2 aromatic carbocycles. The van der Waals surface area contributed by atoms with Gasteiger partial charge in [-0.25, -0.2) is 4.39 Å². The molecule has 0 fully saturated rings. The summed E-state index contributed by atoms with van der Waals surface area (Å²) >= 11 is 1.69. The van der Waals surface area contributed by atoms with Crippen LogP contribution in [0.25, 0.3) is 0 Å². The van der Waals surface area contributed by atoms with Crippen LogP contribution in [0.1, 0.15) is 16.4 Å². The predicted octanol–water partition coefficient (Wildman–Crippen LogP) is 3.93. The lowest BCUT2D eigenvalue weighted by atomic mass is 10.1. The number of thioether (sulfide) groups is 1. The maximum absolute atomic E-state index is 13.2. The second-order valence-electron chi connectivity index (χ2n) is 4.16. The van der Waals surface area contributed by atoms with Crippen molar-refractivity contribution in [2.75, 3.05) is 6.54 Å². The molecular formula is C15H16FNS. The van der Waals surface area contributed by atoms with E-state index in [4.69, 9.17) is 5.73 Å². The van der Waals surface area contributed by atoms with Gasteiger partial charge in [-0.05, 0) is 36.2 Å². The fourth-order valence-corrected chi connectivity index (χ4v) is 2.90. The molecule has 0 aromatic heterocycles. The summed E-state index contributed by atoms with van der Waals surface area (Å²) in [6, 6.07) is 14.8. The first kappa shape index (κ1) is 13.1. The Kier molecular flexibility index (Phi) is 4.39. The van der Waals surface area contributed by atoms with Crippen molar-refractivity contribution in [3.63, 3.8) is 0 Å². The van der Waals surface area contributed by atoms with E-state index in [9.17, 15) is 4.39 Å². The maximum Gasteiger partial charge on any atom is 0.123 e. The molecule has 2 aromatic rings. The number of aryl methyl sites for hydroxylation is 1. The third-order valence-electron chi connectivity index (χ3n) is 2.80. The van der Waals surface area contributed by atoms with E-state index in [1.165, 1.54) is 16.5 Å². The van der Waals surface area contributed by atoms with E-state index in [1.807, 2.05) is 18.2 Å². The summed E-state index contributed by atoms with van der Waals surface area (Å²) in [7, 11) is 0. The Morgan fingerprint density at radius 2 is 1.94 bits per heavy atom. The van der Waals surface area contributed by atoms with Gasteiger partial charge in [0.15, 0.2) is 0 Å². The molecule has 18 heavy (non-hydrogen) atoms. The zero-order valence-electron chi connectivity index (χ0n) is 10.3. The lowest BCUT2D eigenvalue weighted by Crippen LogP contribution is -2.09. The number of nitrogens with two attached hydrogens (primary N) is 1. The Morgan fingerprint density at radius 1 is 1.17 bits per heavy atom. The van der Waals surface area contributed by atoms with Crippen molar-refractivity contribution < 1.29 is 4.39 Å². The van der Waals surface area contributed by atoms with Crippen LogP contribution in [0.3, 0.4) is 0 Å². The third-order valence-corrected chi connectivity index (χ3v) is 4.26. The highest BCUT2D eigenvalue weighted by atomic mass is 32.2. The zero-order valence-corrected chi connectivity index (χ0v) is 11.1. The molecular weight excluding hydrogens is 245 g/mol. The molecule has 2 rings (SSSR count). The second kappa shape index (κ2) is 6.03. The fraction of sp³-hybridized carbons (Fsp3) is 0.200. The van der Waals surface area contributed by atoms with Crippen LogP contribution in [0.4, 0.5) is 4.39 Å². The van der Waals surface area contributed by atoms with E-state index in [1.54, 1.807) is 23.9 Å². The predicted molar refractivity (Wildman–Crippen MR) is 75.2 cm³/mol. The molecule has 0 radical (unpaired) electrons. The van der Waals surface area contributed by atoms with Gasteiger partial charge in [-0.15, -0.1) is 11.8 Å². The Bertz CT molecular complexity index is 527. The van der Waals surface area contributed by atoms with Gasteiger partial charge in [0.2, 0.25) is 0 Å². The largest absolute Gasteiger partial charge is 0.329 e. The highest BCUT2D eigenvalue weighted by molar-refractivity contribution is 7.99. The Labute approximate surface area is 111 Å². The van der Waals surface area contributed by atoms with Gasteiger partial charge in [-0.2, -0.15) is 0 Å². The molecule has 2 N–H and O–H groups in total. The summed E-state index contributed by atoms with van der Waals surface area (Å²) in [6.45, 7) is 2.56. The van der Waals surface area contributed by atoms with Crippen LogP contribution in [0.15, 0.2) is 53.4 Å². The maximum atomic E-state index is 13.2. The first-order valence-electron chi connectivity index (χ1n) is 5.88. The minimum Gasteiger partial charge on any atom is -0.329 e. The summed E-state index contributed by atoms with van der Waals surface area (Å²) < 4.78 is 13.2. The van der Waals surface area contributed by atoms with Crippen LogP contribution >= 0.6 is 11.8 Å². The normalized spacial score (nSPS) is 12.4. The van der Waals surface area contributed by atoms with Gasteiger partial charge in [-0.3, -0.25) is 0 Å². The quantitative estimate of drug-likeness (QED) is 0.844. The molecule has 0 saturated heterocycles. The van der Waals surface area contributed by atoms with Gasteiger partial charge in [0.05, 0.1) is 0 Å². The van der Waals surface area contributed by atoms with Crippen LogP contribution in [-0.2, 0) is 0 Å². The molecule has 1 atom stereocenters. The standard InChI is InChI=1S/C15H16FNS/c1-11-5-2-3-8-14(11)18-15(10-17)12-6-4-7-13(16)9-12/h2-9,15H,10,17H2,1H3. The summed E-state index contributed by atoms with van der Waals surface area (Å²) in [6.07, 6.45) is 0. The highest BCUT2D eigenvalue weighted by Crippen LogP contribution is 2.36. The Morgan fingerprint density at radius 3 is 2.61 bits per heavy atom. The minimum atomic E-state index is -0.212. The molecule has 0 amide bonds. The van der Waals surface area contributed by atoms with E-state index in [-0.39, 0.29) is 11.1 Å². The van der Waals surface area contributed by atoms with Gasteiger partial charge in [0, 0.05) is 16.7 Å². The molecule has 0 aliphatic heterocycles. The summed E-state index contributed by atoms with van der Waals surface area (Å²) in [5.41, 5.74) is 7.97. The fourth-order valence-electron chi connectivity index (χ4n) is 1.80. The summed E-state index contributed by atoms with van der Waals surface area (Å²) in [4.78, 5) is 1.19. The first-order chi connectivity index (χ1) is 8.70. The Balaban J connectivity index is 2.23. The van der Waals surface area contributed by atoms with Gasteiger partial charge in [-0.1, -0.05) is 30.3 Å². The lowest BCUT2D eigenvalue weighted by molar-refractivity contribution is 0.625. The third kappa shape index (κ3) is 3.12. The van der Waals surface area contributed by atoms with Crippen molar-refractivity contribution in [2.24, 2.45) is 5.73 Å². The average Bonchev–Trinajstić information content (AvgIpc) is 2.38. The monoisotopic (exact) mass is 261 g/mol. The first-order valence-corrected chi connectivity index (χ1v) is 6.76. The van der Waals surface area contributed by atoms with Crippen LogP contribution in [-0.4, -0.2) is 6.54 Å². The second-order valence-corrected chi connectivity index (χ2v) is 5.41. The van der Waals surface area contributed by atoms with Crippen LogP contribution in [0.5, 0.6) is 0 Å². The van der Waals surface area contributed by atoms with Gasteiger partial charge >= 0.3 is 0 Å². The topological polar surface area (TPSA) is 26.0 Å². The molecule has 94 valence electrons. The lowest BCUT2D eigenvalue weighted by Gasteiger charge is -2.16. The van der Waals surface area contributed by atoms with Crippen molar-refractivity contribution in [2.45, 2.75) is 17.1 Å². The molecule has 1 nitrogen and oxygen atoms in total. The van der Waals surface area contributed by atoms with Crippen LogP contribution in [0.2, 0.25) is 0 Å². The Hall–Kier alpha value is -1.32. The molecule has 3 heteroatoms. The molecule has 0 spiro atoms. The molecule has 1 unspecified atom stereocenters. The SMILES string of the molecule is Cc1ccccc1SC(CN)c1cccc(F)c1. The minimum absolute atomic E-state index is 0.0850. The van der Waals surface area contributed by atoms with Gasteiger partial charge in [0.25, 0.3) is 0 Å². The highest BCUT2D eigenvalue weighted by Gasteiger charge is 2.13. The van der Waals surface area contributed by atoms with Crippen molar-refractivity contribution in [3.8, 4) is 0 Å². The molecule has 0 bridgehead atoms. The number of halogens is 1. The summed E-state index contributed by atoms with van der Waals surface area (Å²) in [5, 5.41) is 0.0850. The molecule has 0 aliphatic carbocycles. The number of hydrogen-bond acceptors (Lipinski definition) is 2. The van der Waals surface area contributed by atoms with Crippen LogP contribution in [0, 0.1) is 12.7 Å². The van der Waals surface area contributed by atoms with E-state index in [2.05, 4.69) is 19.1 Å². The van der Waals surface area contributed by atoms with E-state index in [0.717, 1.165) is 5.56 Å². The number of hydrogen-bond donors (Lipinski definition) is 1. The van der Waals surface area contributed by atoms with Gasteiger partial charge < -0.3 is 5.73 Å². The molecule has 0 aliphatic rings. The van der Waals surface area contributed by atoms with E-state index < -0.39 is 0 Å². The van der Waals surface area contributed by atoms with E-state index >= 15 is 0 Å². The van der Waals surface area contributed by atoms with E-state index in [0.29, 0.717) is 6.54 Å².